The van der Waals surface area contributed by atoms with Crippen LogP contribution in [0.5, 0.6) is 0 Å². The molecular weight excluding hydrogens is 168 g/mol. The van der Waals surface area contributed by atoms with E-state index in [1.54, 1.807) is 0 Å². The van der Waals surface area contributed by atoms with Crippen LogP contribution in [-0.4, -0.2) is 0 Å². The number of hydrogen-bond donors (Lipinski definition) is 0. The Hall–Kier alpha value is -0.880. The van der Waals surface area contributed by atoms with Gasteiger partial charge in [-0.2, -0.15) is 0 Å². The maximum absolute atomic E-state index is 3.16. The summed E-state index contributed by atoms with van der Waals surface area (Å²) in [7, 11) is 0. The summed E-state index contributed by atoms with van der Waals surface area (Å²) in [6.45, 7) is 4.40. The van der Waals surface area contributed by atoms with Gasteiger partial charge in [0.15, 0.2) is 0 Å². The largest absolute Gasteiger partial charge is 0.102 e. The molecule has 0 unspecified atom stereocenters. The molecule has 0 rings (SSSR count). The fourth-order valence-corrected chi connectivity index (χ4v) is 1.07. The van der Waals surface area contributed by atoms with E-state index in [2.05, 4.69) is 37.5 Å². The molecule has 0 aromatic rings. The van der Waals surface area contributed by atoms with Crippen LogP contribution < -0.4 is 0 Å². The van der Waals surface area contributed by atoms with Crippen molar-refractivity contribution in [1.82, 2.24) is 0 Å². The summed E-state index contributed by atoms with van der Waals surface area (Å²) in [6, 6.07) is 0. The summed E-state index contributed by atoms with van der Waals surface area (Å²) >= 11 is 0. The van der Waals surface area contributed by atoms with Gasteiger partial charge in [0.05, 0.1) is 6.42 Å². The average molecular weight is 190 g/mol. The SMILES string of the molecule is CCCCC#CCC#CCCCCC. The highest BCUT2D eigenvalue weighted by molar-refractivity contribution is 5.11. The second-order valence-corrected chi connectivity index (χ2v) is 3.44. The second kappa shape index (κ2) is 12.1. The average Bonchev–Trinajstić information content (AvgIpc) is 2.21. The summed E-state index contributed by atoms with van der Waals surface area (Å²) in [6.07, 6.45) is 9.12. The van der Waals surface area contributed by atoms with E-state index in [4.69, 9.17) is 0 Å². The lowest BCUT2D eigenvalue weighted by Crippen LogP contribution is -1.71. The van der Waals surface area contributed by atoms with Gasteiger partial charge in [-0.1, -0.05) is 45.0 Å². The molecule has 0 heterocycles. The highest BCUT2D eigenvalue weighted by Crippen LogP contribution is 1.96. The molecule has 0 amide bonds. The van der Waals surface area contributed by atoms with Crippen LogP contribution in [0.2, 0.25) is 0 Å². The minimum Gasteiger partial charge on any atom is -0.102 e. The maximum Gasteiger partial charge on any atom is 0.0702 e. The quantitative estimate of drug-likeness (QED) is 0.451. The van der Waals surface area contributed by atoms with Crippen LogP contribution in [0.25, 0.3) is 0 Å². The van der Waals surface area contributed by atoms with E-state index in [0.29, 0.717) is 0 Å². The van der Waals surface area contributed by atoms with Crippen LogP contribution in [0, 0.1) is 23.7 Å². The van der Waals surface area contributed by atoms with Gasteiger partial charge in [-0.15, -0.1) is 11.8 Å². The second-order valence-electron chi connectivity index (χ2n) is 3.44. The van der Waals surface area contributed by atoms with Crippen molar-refractivity contribution in [2.75, 3.05) is 0 Å². The molecule has 0 aromatic carbocycles. The molecule has 0 aliphatic heterocycles. The maximum atomic E-state index is 3.16. The van der Waals surface area contributed by atoms with Crippen LogP contribution in [-0.2, 0) is 0 Å². The summed E-state index contributed by atoms with van der Waals surface area (Å²) in [5.41, 5.74) is 0. The van der Waals surface area contributed by atoms with Gasteiger partial charge in [0.25, 0.3) is 0 Å². The van der Waals surface area contributed by atoms with Crippen molar-refractivity contribution in [3.63, 3.8) is 0 Å². The number of hydrogen-bond acceptors (Lipinski definition) is 0. The molecule has 14 heavy (non-hydrogen) atoms. The molecule has 0 saturated heterocycles. The van der Waals surface area contributed by atoms with Gasteiger partial charge < -0.3 is 0 Å². The monoisotopic (exact) mass is 190 g/mol. The third-order valence-electron chi connectivity index (χ3n) is 1.99. The van der Waals surface area contributed by atoms with Crippen molar-refractivity contribution >= 4 is 0 Å². The van der Waals surface area contributed by atoms with Crippen LogP contribution in [0.3, 0.4) is 0 Å². The zero-order valence-electron chi connectivity index (χ0n) is 9.66. The van der Waals surface area contributed by atoms with E-state index in [9.17, 15) is 0 Å². The van der Waals surface area contributed by atoms with Gasteiger partial charge in [-0.3, -0.25) is 0 Å². The predicted octanol–water partition coefficient (Wildman–Crippen LogP) is 4.15. The molecule has 0 aliphatic carbocycles. The topological polar surface area (TPSA) is 0 Å². The first-order valence-corrected chi connectivity index (χ1v) is 5.83. The van der Waals surface area contributed by atoms with Crippen LogP contribution in [0.4, 0.5) is 0 Å². The molecule has 0 nitrogen and oxygen atoms in total. The Bertz CT molecular complexity index is 216. The summed E-state index contributed by atoms with van der Waals surface area (Å²) in [4.78, 5) is 0. The molecule has 0 N–H and O–H groups in total. The molecule has 0 radical (unpaired) electrons. The Kier molecular flexibility index (Phi) is 11.4. The van der Waals surface area contributed by atoms with Gasteiger partial charge >= 0.3 is 0 Å². The van der Waals surface area contributed by atoms with Crippen LogP contribution in [0.15, 0.2) is 0 Å². The zero-order chi connectivity index (χ0) is 10.5. The van der Waals surface area contributed by atoms with Gasteiger partial charge in [-0.05, 0) is 12.8 Å². The normalized spacial score (nSPS) is 8.43. The summed E-state index contributed by atoms with van der Waals surface area (Å²) in [5, 5.41) is 0. The Morgan fingerprint density at radius 3 is 1.79 bits per heavy atom. The molecule has 0 aromatic heterocycles. The van der Waals surface area contributed by atoms with E-state index in [1.165, 1.54) is 32.1 Å². The van der Waals surface area contributed by atoms with Gasteiger partial charge in [0.1, 0.15) is 0 Å². The predicted molar refractivity (Wildman–Crippen MR) is 63.8 cm³/mol. The molecule has 0 atom stereocenters. The summed E-state index contributed by atoms with van der Waals surface area (Å²) in [5.74, 6) is 12.5. The highest BCUT2D eigenvalue weighted by Gasteiger charge is 1.79. The molecule has 0 saturated carbocycles. The number of unbranched alkanes of at least 4 members (excludes halogenated alkanes) is 5. The minimum absolute atomic E-state index is 0.760. The van der Waals surface area contributed by atoms with Crippen LogP contribution >= 0.6 is 0 Å². The van der Waals surface area contributed by atoms with Crippen molar-refractivity contribution in [3.8, 4) is 23.7 Å². The first-order chi connectivity index (χ1) is 6.91. The smallest absolute Gasteiger partial charge is 0.0702 e. The third-order valence-corrected chi connectivity index (χ3v) is 1.99. The van der Waals surface area contributed by atoms with Gasteiger partial charge in [-0.25, -0.2) is 0 Å². The Labute approximate surface area is 89.5 Å². The first kappa shape index (κ1) is 13.1. The Morgan fingerprint density at radius 1 is 0.643 bits per heavy atom. The standard InChI is InChI=1S/C14H22/c1-3-5-7-9-11-13-14-12-10-8-6-4-2/h3-9,14H2,1-2H3. The van der Waals surface area contributed by atoms with Crippen LogP contribution in [0.1, 0.15) is 65.2 Å². The highest BCUT2D eigenvalue weighted by atomic mass is 13.8. The number of rotatable bonds is 5. The lowest BCUT2D eigenvalue weighted by atomic mass is 10.2. The van der Waals surface area contributed by atoms with E-state index in [0.717, 1.165) is 19.3 Å². The molecule has 0 fully saturated rings. The molecule has 0 aliphatic rings. The first-order valence-electron chi connectivity index (χ1n) is 5.83. The molecular formula is C14H22. The zero-order valence-corrected chi connectivity index (χ0v) is 9.66. The lowest BCUT2D eigenvalue weighted by Gasteiger charge is -1.87. The van der Waals surface area contributed by atoms with Crippen molar-refractivity contribution in [2.45, 2.75) is 65.2 Å². The van der Waals surface area contributed by atoms with Crippen molar-refractivity contribution in [1.29, 1.82) is 0 Å². The van der Waals surface area contributed by atoms with Crippen molar-refractivity contribution in [3.05, 3.63) is 0 Å². The van der Waals surface area contributed by atoms with E-state index in [-0.39, 0.29) is 0 Å². The van der Waals surface area contributed by atoms with Gasteiger partial charge in [0.2, 0.25) is 0 Å². The molecule has 78 valence electrons. The molecule has 0 spiro atoms. The van der Waals surface area contributed by atoms with E-state index < -0.39 is 0 Å². The Morgan fingerprint density at radius 2 is 1.21 bits per heavy atom. The van der Waals surface area contributed by atoms with E-state index in [1.807, 2.05) is 0 Å². The summed E-state index contributed by atoms with van der Waals surface area (Å²) < 4.78 is 0. The van der Waals surface area contributed by atoms with Crippen molar-refractivity contribution < 1.29 is 0 Å². The van der Waals surface area contributed by atoms with Crippen molar-refractivity contribution in [2.24, 2.45) is 0 Å². The Balaban J connectivity index is 3.26. The van der Waals surface area contributed by atoms with E-state index >= 15 is 0 Å². The fourth-order valence-electron chi connectivity index (χ4n) is 1.07. The lowest BCUT2D eigenvalue weighted by molar-refractivity contribution is 0.737. The fraction of sp³-hybridized carbons (Fsp3) is 0.714. The third kappa shape index (κ3) is 11.1. The molecule has 0 heteroatoms. The molecule has 0 bridgehead atoms. The minimum atomic E-state index is 0.760. The van der Waals surface area contributed by atoms with Gasteiger partial charge in [0, 0.05) is 12.8 Å².